The Bertz CT molecular complexity index is 2470. The number of β-amino-alcohol motifs (C(OH)–C–C–N with tert-alkyl or cyclic N) is 2. The van der Waals surface area contributed by atoms with E-state index in [-0.39, 0.29) is 24.0 Å². The quantitative estimate of drug-likeness (QED) is 0.159. The van der Waals surface area contributed by atoms with Crippen LogP contribution in [0.1, 0.15) is 49.2 Å². The van der Waals surface area contributed by atoms with Crippen LogP contribution < -0.4 is 9.47 Å². The van der Waals surface area contributed by atoms with Gasteiger partial charge >= 0.3 is 0 Å². The fourth-order valence-corrected chi connectivity index (χ4v) is 10.1. The summed E-state index contributed by atoms with van der Waals surface area (Å²) < 4.78 is 57.7. The third kappa shape index (κ3) is 10.8. The fourth-order valence-electron chi connectivity index (χ4n) is 10.1. The normalized spacial score (nSPS) is 19.7. The molecule has 20 heteroatoms. The molecule has 4 atom stereocenters. The lowest BCUT2D eigenvalue weighted by molar-refractivity contribution is 0.137. The van der Waals surface area contributed by atoms with E-state index in [1.807, 2.05) is 48.0 Å². The second kappa shape index (κ2) is 21.3. The molecule has 4 aliphatic heterocycles. The molecule has 6 aromatic rings. The summed E-state index contributed by atoms with van der Waals surface area (Å²) in [6.07, 6.45) is 15.4. The Morgan fingerprint density at radius 3 is 1.47 bits per heavy atom. The molecule has 0 radical (unpaired) electrons. The zero-order valence-corrected chi connectivity index (χ0v) is 39.3. The van der Waals surface area contributed by atoms with Crippen LogP contribution in [-0.4, -0.2) is 161 Å². The van der Waals surface area contributed by atoms with Gasteiger partial charge < -0.3 is 39.0 Å². The first-order valence-corrected chi connectivity index (χ1v) is 23.7. The molecular weight excluding hydrogens is 879 g/mol. The van der Waals surface area contributed by atoms with Crippen molar-refractivity contribution < 1.29 is 37.9 Å². The van der Waals surface area contributed by atoms with Crippen LogP contribution >= 0.6 is 0 Å². The van der Waals surface area contributed by atoms with Crippen LogP contribution in [0.5, 0.6) is 11.8 Å². The van der Waals surface area contributed by atoms with Gasteiger partial charge in [0, 0.05) is 98.9 Å². The van der Waals surface area contributed by atoms with E-state index >= 15 is 0 Å². The van der Waals surface area contributed by atoms with Gasteiger partial charge in [-0.05, 0) is 64.5 Å². The molecule has 6 aromatic heterocycles. The number of likely N-dealkylation sites (tertiary alicyclic amines) is 2. The topological polar surface area (TPSA) is 181 Å². The molecule has 2 fully saturated rings. The highest BCUT2D eigenvalue weighted by molar-refractivity contribution is 5.65. The molecule has 0 amide bonds. The average Bonchev–Trinajstić information content (AvgIpc) is 4.19. The number of rotatable bonds is 14. The van der Waals surface area contributed by atoms with E-state index in [0.717, 1.165) is 110 Å². The number of ether oxygens (including phenoxy) is 4. The van der Waals surface area contributed by atoms with Crippen LogP contribution in [0.25, 0.3) is 33.9 Å². The van der Waals surface area contributed by atoms with Gasteiger partial charge in [0.05, 0.1) is 112 Å². The number of hydrogen-bond donors (Lipinski definition) is 2. The predicted octanol–water partition coefficient (Wildman–Crippen LogP) is 4.19. The van der Waals surface area contributed by atoms with Crippen molar-refractivity contribution in [2.75, 3.05) is 79.9 Å². The van der Waals surface area contributed by atoms with Crippen molar-refractivity contribution in [3.63, 3.8) is 0 Å². The number of hydrogen-bond acceptors (Lipinski definition) is 14. The van der Waals surface area contributed by atoms with Gasteiger partial charge in [-0.25, -0.2) is 28.1 Å². The zero-order valence-electron chi connectivity index (χ0n) is 39.3. The van der Waals surface area contributed by atoms with Crippen LogP contribution in [0.4, 0.5) is 8.78 Å². The molecule has 0 unspecified atom stereocenters. The van der Waals surface area contributed by atoms with Crippen molar-refractivity contribution in [3.05, 3.63) is 83.5 Å². The average molecular weight is 941 g/mol. The molecule has 2 saturated heterocycles. The van der Waals surface area contributed by atoms with Gasteiger partial charge in [-0.15, -0.1) is 0 Å². The summed E-state index contributed by atoms with van der Waals surface area (Å²) in [5, 5.41) is 38.3. The number of aliphatic hydroxyl groups is 2. The Kier molecular flexibility index (Phi) is 14.9. The first kappa shape index (κ1) is 47.4. The van der Waals surface area contributed by atoms with Crippen LogP contribution in [0.2, 0.25) is 0 Å². The number of pyridine rings is 2. The summed E-state index contributed by atoms with van der Waals surface area (Å²) >= 11 is 0. The summed E-state index contributed by atoms with van der Waals surface area (Å²) in [6.45, 7) is 13.1. The van der Waals surface area contributed by atoms with E-state index in [2.05, 4.69) is 30.0 Å². The van der Waals surface area contributed by atoms with Gasteiger partial charge in [-0.1, -0.05) is 0 Å². The van der Waals surface area contributed by atoms with Gasteiger partial charge in [0.15, 0.2) is 11.6 Å². The highest BCUT2D eigenvalue weighted by Gasteiger charge is 2.28. The van der Waals surface area contributed by atoms with E-state index in [9.17, 15) is 19.0 Å². The third-order valence-electron chi connectivity index (χ3n) is 13.1. The van der Waals surface area contributed by atoms with Gasteiger partial charge in [0.2, 0.25) is 11.8 Å². The molecule has 0 aliphatic carbocycles. The molecule has 10 rings (SSSR count). The Labute approximate surface area is 394 Å². The molecular formula is C48H62F2N12O6. The van der Waals surface area contributed by atoms with Gasteiger partial charge in [-0.3, -0.25) is 9.36 Å². The molecule has 2 N–H and O–H groups in total. The minimum absolute atomic E-state index is 0.0363. The van der Waals surface area contributed by atoms with Crippen molar-refractivity contribution >= 4 is 0 Å². The number of methoxy groups -OCH3 is 2. The molecule has 0 aromatic carbocycles. The smallest absolute Gasteiger partial charge is 0.250 e. The molecule has 68 heavy (non-hydrogen) atoms. The molecule has 10 heterocycles. The summed E-state index contributed by atoms with van der Waals surface area (Å²) in [6, 6.07) is 2.80. The van der Waals surface area contributed by atoms with E-state index in [1.54, 1.807) is 21.8 Å². The van der Waals surface area contributed by atoms with Crippen LogP contribution in [0, 0.1) is 23.5 Å². The van der Waals surface area contributed by atoms with Crippen molar-refractivity contribution in [2.24, 2.45) is 11.8 Å². The van der Waals surface area contributed by atoms with E-state index in [0.29, 0.717) is 75.6 Å². The predicted molar refractivity (Wildman–Crippen MR) is 247 cm³/mol. The van der Waals surface area contributed by atoms with Crippen LogP contribution in [-0.2, 0) is 48.2 Å². The van der Waals surface area contributed by atoms with Gasteiger partial charge in [0.1, 0.15) is 0 Å². The maximum absolute atomic E-state index is 14.4. The minimum Gasteiger partial charge on any atom is -0.479 e. The second-order valence-electron chi connectivity index (χ2n) is 18.4. The molecule has 4 aliphatic rings. The minimum atomic E-state index is -0.523. The van der Waals surface area contributed by atoms with Crippen molar-refractivity contribution in [1.82, 2.24) is 58.9 Å². The summed E-state index contributed by atoms with van der Waals surface area (Å²) in [7, 11) is 2.79. The highest BCUT2D eigenvalue weighted by Crippen LogP contribution is 2.33. The van der Waals surface area contributed by atoms with E-state index < -0.39 is 11.6 Å². The Morgan fingerprint density at radius 1 is 0.647 bits per heavy atom. The SMILES string of the molecule is COc1ncc(-n2nc(-c3cnn(C[C@@H]4CCN(C[C@@H](C)O)C4)c3)c3c2CCOCC3)cc1F.COc1ncc(-n2nc(-c3cnn(C[C@H]4CCN(C[C@@H](C)O)C4)c3)c3c2CCOCC3)cc1F. The second-order valence-corrected chi connectivity index (χ2v) is 18.4. The largest absolute Gasteiger partial charge is 0.479 e. The zero-order chi connectivity index (χ0) is 47.3. The Hall–Kier alpha value is -5.64. The summed E-state index contributed by atoms with van der Waals surface area (Å²) in [5.74, 6) is -0.114. The molecule has 0 saturated carbocycles. The fraction of sp³-hybridized carbons (Fsp3) is 0.542. The summed E-state index contributed by atoms with van der Waals surface area (Å²) in [4.78, 5) is 12.8. The number of aromatic nitrogens is 10. The maximum atomic E-state index is 14.4. The third-order valence-corrected chi connectivity index (χ3v) is 13.1. The standard InChI is InChI=1S/2C24H31FN6O3/c2*1-16(32)12-29-6-3-17(13-29)14-30-15-18(10-27-30)23-20-4-7-34-8-5-22(20)31(28-23)19-9-21(25)24(33-2)26-11-19/h2*9-11,15-17,32H,3-8,12-14H2,1-2H3/t16-,17+;16-,17-/m11/s1. The van der Waals surface area contributed by atoms with Crippen LogP contribution in [0.15, 0.2) is 49.3 Å². The van der Waals surface area contributed by atoms with Crippen molar-refractivity contribution in [3.8, 4) is 45.6 Å². The van der Waals surface area contributed by atoms with Crippen LogP contribution in [0.3, 0.4) is 0 Å². The Balaban J connectivity index is 0.000000170. The number of halogens is 2. The monoisotopic (exact) mass is 940 g/mol. The van der Waals surface area contributed by atoms with E-state index in [1.165, 1.54) is 26.4 Å². The lowest BCUT2D eigenvalue weighted by atomic mass is 10.0. The number of aliphatic hydroxyl groups excluding tert-OH is 2. The first-order chi connectivity index (χ1) is 33.0. The molecule has 18 nitrogen and oxygen atoms in total. The van der Waals surface area contributed by atoms with Crippen molar-refractivity contribution in [2.45, 2.75) is 77.7 Å². The lowest BCUT2D eigenvalue weighted by Gasteiger charge is -2.17. The first-order valence-electron chi connectivity index (χ1n) is 23.7. The lowest BCUT2D eigenvalue weighted by Crippen LogP contribution is -2.29. The number of fused-ring (bicyclic) bond motifs is 2. The summed E-state index contributed by atoms with van der Waals surface area (Å²) in [5.41, 5.74) is 8.94. The molecule has 0 bridgehead atoms. The van der Waals surface area contributed by atoms with Gasteiger partial charge in [-0.2, -0.15) is 20.4 Å². The maximum Gasteiger partial charge on any atom is 0.250 e. The number of nitrogens with zero attached hydrogens (tertiary/aromatic N) is 12. The molecule has 364 valence electrons. The van der Waals surface area contributed by atoms with Gasteiger partial charge in [0.25, 0.3) is 0 Å². The van der Waals surface area contributed by atoms with E-state index in [4.69, 9.17) is 29.1 Å². The Morgan fingerprint density at radius 2 is 1.07 bits per heavy atom. The van der Waals surface area contributed by atoms with Crippen molar-refractivity contribution in [1.29, 1.82) is 0 Å². The highest BCUT2D eigenvalue weighted by atomic mass is 19.1. The molecule has 0 spiro atoms.